The minimum absolute atomic E-state index is 0.0649. The fourth-order valence-corrected chi connectivity index (χ4v) is 2.38. The predicted molar refractivity (Wildman–Crippen MR) is 85.9 cm³/mol. The number of ether oxygens (including phenoxy) is 3. The van der Waals surface area contributed by atoms with E-state index in [2.05, 4.69) is 31.3 Å². The van der Waals surface area contributed by atoms with Crippen LogP contribution in [0.1, 0.15) is 38.8 Å². The summed E-state index contributed by atoms with van der Waals surface area (Å²) >= 11 is 0. The zero-order valence-corrected chi connectivity index (χ0v) is 13.9. The van der Waals surface area contributed by atoms with Crippen LogP contribution in [-0.2, 0) is 9.47 Å². The first kappa shape index (κ1) is 18.0. The summed E-state index contributed by atoms with van der Waals surface area (Å²) in [5.74, 6) is 0.870. The molecule has 0 bridgehead atoms. The smallest absolute Gasteiger partial charge is 0.118 e. The maximum atomic E-state index is 6.04. The van der Waals surface area contributed by atoms with E-state index in [9.17, 15) is 0 Å². The number of hydrogen-bond acceptors (Lipinski definition) is 4. The summed E-state index contributed by atoms with van der Waals surface area (Å²) in [5.41, 5.74) is 1.21. The number of rotatable bonds is 10. The van der Waals surface area contributed by atoms with E-state index in [-0.39, 0.29) is 18.2 Å². The van der Waals surface area contributed by atoms with E-state index in [0.717, 1.165) is 18.7 Å². The molecular weight excluding hydrogens is 266 g/mol. The Kier molecular flexibility index (Phi) is 8.35. The molecule has 1 rings (SSSR count). The van der Waals surface area contributed by atoms with Crippen LogP contribution in [0.4, 0.5) is 0 Å². The molecule has 21 heavy (non-hydrogen) atoms. The number of nitrogens with one attached hydrogen (secondary N) is 1. The van der Waals surface area contributed by atoms with Gasteiger partial charge in [-0.2, -0.15) is 0 Å². The Balaban J connectivity index is 2.77. The Morgan fingerprint density at radius 2 is 1.76 bits per heavy atom. The molecule has 4 heteroatoms. The molecule has 0 aliphatic heterocycles. The van der Waals surface area contributed by atoms with E-state index in [4.69, 9.17) is 14.2 Å². The van der Waals surface area contributed by atoms with Gasteiger partial charge in [0.2, 0.25) is 0 Å². The van der Waals surface area contributed by atoms with Gasteiger partial charge in [0, 0.05) is 7.11 Å². The second kappa shape index (κ2) is 9.77. The molecule has 3 atom stereocenters. The SMILES string of the molecule is CCCNC(c1ccc(OC)cc1)C(C)OC(C)COC. The standard InChI is InChI=1S/C17H29NO3/c1-6-11-18-17(14(3)21-13(2)12-19-4)15-7-9-16(20-5)10-8-15/h7-10,13-14,17-18H,6,11-12H2,1-5H3. The Morgan fingerprint density at radius 3 is 2.29 bits per heavy atom. The van der Waals surface area contributed by atoms with Gasteiger partial charge in [-0.1, -0.05) is 19.1 Å². The molecule has 0 spiro atoms. The van der Waals surface area contributed by atoms with Crippen molar-refractivity contribution in [2.24, 2.45) is 0 Å². The zero-order valence-electron chi connectivity index (χ0n) is 13.9. The summed E-state index contributed by atoms with van der Waals surface area (Å²) in [6.07, 6.45) is 1.23. The fraction of sp³-hybridized carbons (Fsp3) is 0.647. The van der Waals surface area contributed by atoms with Crippen molar-refractivity contribution < 1.29 is 14.2 Å². The van der Waals surface area contributed by atoms with E-state index in [1.54, 1.807) is 14.2 Å². The van der Waals surface area contributed by atoms with Crippen LogP contribution in [0.5, 0.6) is 5.75 Å². The van der Waals surface area contributed by atoms with E-state index >= 15 is 0 Å². The third kappa shape index (κ3) is 6.04. The molecule has 0 amide bonds. The fourth-order valence-electron chi connectivity index (χ4n) is 2.38. The molecule has 0 aliphatic carbocycles. The number of methoxy groups -OCH3 is 2. The lowest BCUT2D eigenvalue weighted by atomic mass is 10.0. The van der Waals surface area contributed by atoms with Crippen molar-refractivity contribution in [1.29, 1.82) is 0 Å². The molecule has 0 aromatic heterocycles. The third-order valence-corrected chi connectivity index (χ3v) is 3.41. The third-order valence-electron chi connectivity index (χ3n) is 3.41. The maximum absolute atomic E-state index is 6.04. The van der Waals surface area contributed by atoms with E-state index in [1.807, 2.05) is 19.1 Å². The van der Waals surface area contributed by atoms with Crippen LogP contribution < -0.4 is 10.1 Å². The van der Waals surface area contributed by atoms with Crippen molar-refractivity contribution in [1.82, 2.24) is 5.32 Å². The summed E-state index contributed by atoms with van der Waals surface area (Å²) in [7, 11) is 3.38. The van der Waals surface area contributed by atoms with E-state index in [1.165, 1.54) is 5.56 Å². The molecule has 0 fully saturated rings. The lowest BCUT2D eigenvalue weighted by Crippen LogP contribution is -2.35. The monoisotopic (exact) mass is 295 g/mol. The molecule has 120 valence electrons. The van der Waals surface area contributed by atoms with Gasteiger partial charge in [0.1, 0.15) is 5.75 Å². The van der Waals surface area contributed by atoms with Gasteiger partial charge in [-0.05, 0) is 44.5 Å². The molecule has 0 radical (unpaired) electrons. The second-order valence-corrected chi connectivity index (χ2v) is 5.31. The van der Waals surface area contributed by atoms with E-state index in [0.29, 0.717) is 6.61 Å². The summed E-state index contributed by atoms with van der Waals surface area (Å²) in [6, 6.07) is 8.32. The summed E-state index contributed by atoms with van der Waals surface area (Å²) < 4.78 is 16.4. The Bertz CT molecular complexity index is 380. The van der Waals surface area contributed by atoms with Gasteiger partial charge in [-0.3, -0.25) is 0 Å². The van der Waals surface area contributed by atoms with Crippen molar-refractivity contribution in [3.05, 3.63) is 29.8 Å². The second-order valence-electron chi connectivity index (χ2n) is 5.31. The minimum atomic E-state index is 0.0649. The Morgan fingerprint density at radius 1 is 1.10 bits per heavy atom. The number of benzene rings is 1. The lowest BCUT2D eigenvalue weighted by Gasteiger charge is -2.28. The highest BCUT2D eigenvalue weighted by Gasteiger charge is 2.21. The Labute approximate surface area is 128 Å². The van der Waals surface area contributed by atoms with Crippen LogP contribution in [0.2, 0.25) is 0 Å². The van der Waals surface area contributed by atoms with Crippen LogP contribution in [0.3, 0.4) is 0 Å². The van der Waals surface area contributed by atoms with Gasteiger partial charge in [0.05, 0.1) is 32.0 Å². The van der Waals surface area contributed by atoms with Crippen molar-refractivity contribution in [3.8, 4) is 5.75 Å². The number of hydrogen-bond donors (Lipinski definition) is 1. The van der Waals surface area contributed by atoms with Crippen molar-refractivity contribution >= 4 is 0 Å². The lowest BCUT2D eigenvalue weighted by molar-refractivity contribution is -0.0457. The topological polar surface area (TPSA) is 39.7 Å². The molecule has 4 nitrogen and oxygen atoms in total. The van der Waals surface area contributed by atoms with Crippen LogP contribution in [0.25, 0.3) is 0 Å². The molecule has 1 N–H and O–H groups in total. The average Bonchev–Trinajstić information content (AvgIpc) is 2.48. The highest BCUT2D eigenvalue weighted by atomic mass is 16.5. The molecule has 3 unspecified atom stereocenters. The molecule has 1 aromatic rings. The summed E-state index contributed by atoms with van der Waals surface area (Å²) in [4.78, 5) is 0. The summed E-state index contributed by atoms with van der Waals surface area (Å²) in [6.45, 7) is 7.86. The Hall–Kier alpha value is -1.10. The molecular formula is C17H29NO3. The zero-order chi connectivity index (χ0) is 15.7. The largest absolute Gasteiger partial charge is 0.497 e. The van der Waals surface area contributed by atoms with Crippen LogP contribution >= 0.6 is 0 Å². The quantitative estimate of drug-likeness (QED) is 0.719. The average molecular weight is 295 g/mol. The van der Waals surface area contributed by atoms with E-state index < -0.39 is 0 Å². The van der Waals surface area contributed by atoms with Gasteiger partial charge in [0.25, 0.3) is 0 Å². The predicted octanol–water partition coefficient (Wildman–Crippen LogP) is 3.18. The molecule has 0 heterocycles. The highest BCUT2D eigenvalue weighted by Crippen LogP contribution is 2.23. The van der Waals surface area contributed by atoms with Gasteiger partial charge in [-0.15, -0.1) is 0 Å². The first-order valence-electron chi connectivity index (χ1n) is 7.64. The minimum Gasteiger partial charge on any atom is -0.497 e. The summed E-state index contributed by atoms with van der Waals surface area (Å²) in [5, 5.41) is 3.56. The van der Waals surface area contributed by atoms with Crippen molar-refractivity contribution in [3.63, 3.8) is 0 Å². The van der Waals surface area contributed by atoms with Crippen molar-refractivity contribution in [2.45, 2.75) is 45.4 Å². The first-order chi connectivity index (χ1) is 10.1. The molecule has 0 aliphatic rings. The molecule has 0 saturated heterocycles. The van der Waals surface area contributed by atoms with Crippen LogP contribution in [0, 0.1) is 0 Å². The van der Waals surface area contributed by atoms with Crippen molar-refractivity contribution in [2.75, 3.05) is 27.4 Å². The first-order valence-corrected chi connectivity index (χ1v) is 7.64. The maximum Gasteiger partial charge on any atom is 0.118 e. The van der Waals surface area contributed by atoms with Gasteiger partial charge in [0.15, 0.2) is 0 Å². The van der Waals surface area contributed by atoms with Gasteiger partial charge >= 0.3 is 0 Å². The molecule has 0 saturated carbocycles. The van der Waals surface area contributed by atoms with Gasteiger partial charge < -0.3 is 19.5 Å². The van der Waals surface area contributed by atoms with Crippen LogP contribution in [0.15, 0.2) is 24.3 Å². The highest BCUT2D eigenvalue weighted by molar-refractivity contribution is 5.29. The van der Waals surface area contributed by atoms with Crippen LogP contribution in [-0.4, -0.2) is 39.6 Å². The normalized spacial score (nSPS) is 15.5. The molecule has 1 aromatic carbocycles. The van der Waals surface area contributed by atoms with Gasteiger partial charge in [-0.25, -0.2) is 0 Å².